The van der Waals surface area contributed by atoms with E-state index in [0.717, 1.165) is 34.7 Å². The van der Waals surface area contributed by atoms with E-state index in [9.17, 15) is 22.4 Å². The number of esters is 1. The van der Waals surface area contributed by atoms with Gasteiger partial charge in [0.15, 0.2) is 11.5 Å². The minimum atomic E-state index is -4.55. The lowest BCUT2D eigenvalue weighted by atomic mass is 10.1. The number of methoxy groups -OCH3 is 1. The van der Waals surface area contributed by atoms with Gasteiger partial charge in [-0.3, -0.25) is 4.79 Å². The normalized spacial score (nSPS) is 12.2. The Kier molecular flexibility index (Phi) is 9.03. The van der Waals surface area contributed by atoms with Crippen molar-refractivity contribution in [3.05, 3.63) is 83.7 Å². The SMILES string of the molecule is COC(=O)Cc1cccc(SCC[C@@H](C)Oc2ccc(C(F)(F)F)cc2Oc2ccc(F)cc2)c1. The van der Waals surface area contributed by atoms with Gasteiger partial charge in [0, 0.05) is 10.6 Å². The Morgan fingerprint density at radius 3 is 2.43 bits per heavy atom. The summed E-state index contributed by atoms with van der Waals surface area (Å²) in [5.74, 6) is 0.105. The molecule has 0 N–H and O–H groups in total. The number of thioether (sulfide) groups is 1. The highest BCUT2D eigenvalue weighted by Gasteiger charge is 2.31. The lowest BCUT2D eigenvalue weighted by molar-refractivity contribution is -0.140. The average Bonchev–Trinajstić information content (AvgIpc) is 2.81. The molecule has 0 heterocycles. The molecule has 0 fully saturated rings. The van der Waals surface area contributed by atoms with Crippen molar-refractivity contribution in [3.8, 4) is 17.2 Å². The van der Waals surface area contributed by atoms with Gasteiger partial charge in [0.1, 0.15) is 11.6 Å². The molecule has 0 saturated carbocycles. The van der Waals surface area contributed by atoms with Crippen LogP contribution in [-0.2, 0) is 22.1 Å². The Balaban J connectivity index is 1.64. The molecule has 3 aromatic rings. The molecule has 1 atom stereocenters. The zero-order valence-electron chi connectivity index (χ0n) is 19.1. The van der Waals surface area contributed by atoms with Crippen LogP contribution >= 0.6 is 11.8 Å². The fourth-order valence-corrected chi connectivity index (χ4v) is 4.19. The fraction of sp³-hybridized carbons (Fsp3) is 0.269. The summed E-state index contributed by atoms with van der Waals surface area (Å²) in [4.78, 5) is 12.4. The van der Waals surface area contributed by atoms with Gasteiger partial charge in [-0.1, -0.05) is 12.1 Å². The number of ether oxygens (including phenoxy) is 3. The summed E-state index contributed by atoms with van der Waals surface area (Å²) in [7, 11) is 1.34. The zero-order chi connectivity index (χ0) is 25.4. The van der Waals surface area contributed by atoms with E-state index < -0.39 is 17.6 Å². The van der Waals surface area contributed by atoms with Crippen LogP contribution in [0, 0.1) is 5.82 Å². The molecule has 0 aromatic heterocycles. The summed E-state index contributed by atoms with van der Waals surface area (Å²) >= 11 is 1.57. The molecule has 0 bridgehead atoms. The number of benzene rings is 3. The van der Waals surface area contributed by atoms with Crippen LogP contribution in [0.5, 0.6) is 17.2 Å². The number of hydrogen-bond donors (Lipinski definition) is 0. The van der Waals surface area contributed by atoms with E-state index in [1.54, 1.807) is 11.8 Å². The Bertz CT molecular complexity index is 1130. The van der Waals surface area contributed by atoms with Crippen LogP contribution in [0.2, 0.25) is 0 Å². The van der Waals surface area contributed by atoms with E-state index in [-0.39, 0.29) is 35.7 Å². The quantitative estimate of drug-likeness (QED) is 0.163. The van der Waals surface area contributed by atoms with E-state index >= 15 is 0 Å². The van der Waals surface area contributed by atoms with Crippen LogP contribution in [0.15, 0.2) is 71.6 Å². The van der Waals surface area contributed by atoms with Gasteiger partial charge in [-0.05, 0) is 73.5 Å². The minimum absolute atomic E-state index is 0.110. The van der Waals surface area contributed by atoms with Gasteiger partial charge in [-0.2, -0.15) is 13.2 Å². The van der Waals surface area contributed by atoms with Crippen molar-refractivity contribution in [3.63, 3.8) is 0 Å². The van der Waals surface area contributed by atoms with Crippen LogP contribution < -0.4 is 9.47 Å². The smallest absolute Gasteiger partial charge is 0.416 e. The highest BCUT2D eigenvalue weighted by molar-refractivity contribution is 7.99. The van der Waals surface area contributed by atoms with Crippen molar-refractivity contribution in [2.24, 2.45) is 0 Å². The number of rotatable bonds is 10. The Morgan fingerprint density at radius 1 is 1.00 bits per heavy atom. The van der Waals surface area contributed by atoms with E-state index in [1.807, 2.05) is 31.2 Å². The first kappa shape index (κ1) is 26.4. The van der Waals surface area contributed by atoms with Crippen LogP contribution in [0.25, 0.3) is 0 Å². The molecule has 3 aromatic carbocycles. The molecule has 0 aliphatic heterocycles. The average molecular weight is 509 g/mol. The first-order chi connectivity index (χ1) is 16.6. The summed E-state index contributed by atoms with van der Waals surface area (Å²) in [6.07, 6.45) is -4.09. The summed E-state index contributed by atoms with van der Waals surface area (Å²) in [5, 5.41) is 0. The standard InChI is InChI=1S/C26H24F4O4S/c1-17(12-13-35-22-5-3-4-18(14-22)15-25(31)32-2)33-23-11-6-19(26(28,29)30)16-24(23)34-21-9-7-20(27)8-10-21/h3-11,14,16-17H,12-13,15H2,1-2H3/t17-/m1/s1. The maximum atomic E-state index is 13.2. The molecule has 0 unspecified atom stereocenters. The molecular weight excluding hydrogens is 484 g/mol. The van der Waals surface area contributed by atoms with Gasteiger partial charge in [0.25, 0.3) is 0 Å². The van der Waals surface area contributed by atoms with Crippen molar-refractivity contribution in [2.45, 2.75) is 36.9 Å². The van der Waals surface area contributed by atoms with Gasteiger partial charge >= 0.3 is 12.1 Å². The van der Waals surface area contributed by atoms with Gasteiger partial charge in [0.05, 0.1) is 25.2 Å². The van der Waals surface area contributed by atoms with E-state index in [4.69, 9.17) is 9.47 Å². The number of hydrogen-bond acceptors (Lipinski definition) is 5. The van der Waals surface area contributed by atoms with Crippen LogP contribution in [0.1, 0.15) is 24.5 Å². The largest absolute Gasteiger partial charge is 0.487 e. The highest BCUT2D eigenvalue weighted by atomic mass is 32.2. The molecule has 0 radical (unpaired) electrons. The predicted octanol–water partition coefficient (Wildman–Crippen LogP) is 7.30. The van der Waals surface area contributed by atoms with Gasteiger partial charge in [0.2, 0.25) is 0 Å². The molecule has 0 spiro atoms. The molecular formula is C26H24F4O4S. The molecule has 0 aliphatic rings. The maximum Gasteiger partial charge on any atom is 0.416 e. The lowest BCUT2D eigenvalue weighted by Crippen LogP contribution is -2.14. The van der Waals surface area contributed by atoms with E-state index in [2.05, 4.69) is 4.74 Å². The predicted molar refractivity (Wildman–Crippen MR) is 126 cm³/mol. The molecule has 9 heteroatoms. The van der Waals surface area contributed by atoms with E-state index in [1.165, 1.54) is 25.3 Å². The Morgan fingerprint density at radius 2 is 1.74 bits per heavy atom. The summed E-state index contributed by atoms with van der Waals surface area (Å²) < 4.78 is 69.0. The third-order valence-corrected chi connectivity index (χ3v) is 5.94. The molecule has 0 aliphatic carbocycles. The summed E-state index contributed by atoms with van der Waals surface area (Å²) in [6, 6.07) is 15.5. The first-order valence-corrected chi connectivity index (χ1v) is 11.7. The molecule has 0 saturated heterocycles. The Hall–Kier alpha value is -3.20. The maximum absolute atomic E-state index is 13.2. The van der Waals surface area contributed by atoms with Gasteiger partial charge in [-0.15, -0.1) is 11.8 Å². The topological polar surface area (TPSA) is 44.8 Å². The third-order valence-electron chi connectivity index (χ3n) is 4.91. The molecule has 4 nitrogen and oxygen atoms in total. The highest BCUT2D eigenvalue weighted by Crippen LogP contribution is 2.39. The molecule has 35 heavy (non-hydrogen) atoms. The van der Waals surface area contributed by atoms with Crippen molar-refractivity contribution in [1.82, 2.24) is 0 Å². The van der Waals surface area contributed by atoms with Crippen LogP contribution in [0.4, 0.5) is 17.6 Å². The van der Waals surface area contributed by atoms with Crippen LogP contribution in [0.3, 0.4) is 0 Å². The second-order valence-corrected chi connectivity index (χ2v) is 8.85. The molecule has 186 valence electrons. The second-order valence-electron chi connectivity index (χ2n) is 7.68. The van der Waals surface area contributed by atoms with Gasteiger partial charge < -0.3 is 14.2 Å². The third kappa shape index (κ3) is 8.20. The lowest BCUT2D eigenvalue weighted by Gasteiger charge is -2.19. The first-order valence-electron chi connectivity index (χ1n) is 10.7. The zero-order valence-corrected chi connectivity index (χ0v) is 19.9. The van der Waals surface area contributed by atoms with Gasteiger partial charge in [-0.25, -0.2) is 4.39 Å². The van der Waals surface area contributed by atoms with Crippen molar-refractivity contribution < 1.29 is 36.6 Å². The molecule has 0 amide bonds. The number of alkyl halides is 3. The van der Waals surface area contributed by atoms with E-state index in [0.29, 0.717) is 12.2 Å². The summed E-state index contributed by atoms with van der Waals surface area (Å²) in [5.41, 5.74) is -0.0320. The monoisotopic (exact) mass is 508 g/mol. The molecule has 3 rings (SSSR count). The van der Waals surface area contributed by atoms with Crippen LogP contribution in [-0.4, -0.2) is 24.9 Å². The van der Waals surface area contributed by atoms with Crippen molar-refractivity contribution in [1.29, 1.82) is 0 Å². The Labute approximate surface area is 205 Å². The van der Waals surface area contributed by atoms with Crippen molar-refractivity contribution >= 4 is 17.7 Å². The second kappa shape index (κ2) is 12.0. The minimum Gasteiger partial charge on any atom is -0.487 e. The fourth-order valence-electron chi connectivity index (χ4n) is 3.09. The number of carbonyl (C=O) groups excluding carboxylic acids is 1. The number of halogens is 4. The number of carbonyl (C=O) groups is 1. The van der Waals surface area contributed by atoms with Crippen molar-refractivity contribution in [2.75, 3.05) is 12.9 Å². The summed E-state index contributed by atoms with van der Waals surface area (Å²) in [6.45, 7) is 1.81.